The van der Waals surface area contributed by atoms with Gasteiger partial charge in [-0.15, -0.1) is 0 Å². The number of hydrogen-bond donors (Lipinski definition) is 3. The minimum absolute atomic E-state index is 0.0497. The number of anilines is 3. The fraction of sp³-hybridized carbons (Fsp3) is 0.0588. The normalized spacial score (nSPS) is 10.6. The average Bonchev–Trinajstić information content (AvgIpc) is 2.97. The highest BCUT2D eigenvalue weighted by Crippen LogP contribution is 2.32. The van der Waals surface area contributed by atoms with Gasteiger partial charge in [0, 0.05) is 25.1 Å². The van der Waals surface area contributed by atoms with E-state index in [9.17, 15) is 9.18 Å². The molecule has 0 unspecified atom stereocenters. The second-order valence-corrected chi connectivity index (χ2v) is 6.34. The molecule has 1 heterocycles. The number of amides is 1. The summed E-state index contributed by atoms with van der Waals surface area (Å²) in [5, 5.41) is 3.29. The van der Waals surface area contributed by atoms with E-state index in [1.807, 2.05) is 0 Å². The zero-order chi connectivity index (χ0) is 18.0. The summed E-state index contributed by atoms with van der Waals surface area (Å²) >= 11 is 1.11. The number of imidazole rings is 1. The molecule has 0 aliphatic heterocycles. The van der Waals surface area contributed by atoms with Crippen LogP contribution in [0, 0.1) is 5.82 Å². The van der Waals surface area contributed by atoms with Crippen molar-refractivity contribution >= 4 is 34.7 Å². The summed E-state index contributed by atoms with van der Waals surface area (Å²) in [7, 11) is 1.80. The van der Waals surface area contributed by atoms with Crippen molar-refractivity contribution in [3.05, 3.63) is 60.2 Å². The number of aryl methyl sites for hydroxylation is 1. The molecule has 3 aromatic rings. The van der Waals surface area contributed by atoms with E-state index in [0.717, 1.165) is 17.8 Å². The first-order valence-electron chi connectivity index (χ1n) is 7.35. The number of nitrogens with two attached hydrogens (primary N) is 2. The molecule has 2 aromatic carbocycles. The van der Waals surface area contributed by atoms with Gasteiger partial charge in [-0.05, 0) is 36.0 Å². The Hall–Kier alpha value is -3.00. The first-order valence-corrected chi connectivity index (χ1v) is 8.17. The van der Waals surface area contributed by atoms with Crippen LogP contribution in [0.1, 0.15) is 10.4 Å². The number of benzene rings is 2. The highest BCUT2D eigenvalue weighted by molar-refractivity contribution is 7.99. The summed E-state index contributed by atoms with van der Waals surface area (Å²) in [6.45, 7) is 0. The zero-order valence-electron chi connectivity index (χ0n) is 13.4. The Morgan fingerprint density at radius 2 is 2.00 bits per heavy atom. The molecular formula is C17H16FN5OS. The summed E-state index contributed by atoms with van der Waals surface area (Å²) in [4.78, 5) is 16.9. The van der Waals surface area contributed by atoms with Gasteiger partial charge in [-0.2, -0.15) is 0 Å². The molecule has 5 N–H and O–H groups in total. The molecule has 0 aliphatic carbocycles. The molecule has 0 bridgehead atoms. The van der Waals surface area contributed by atoms with Gasteiger partial charge in [-0.1, -0.05) is 12.1 Å². The van der Waals surface area contributed by atoms with Gasteiger partial charge in [0.2, 0.25) is 0 Å². The molecule has 0 aliphatic rings. The number of carbonyl (C=O) groups excluding carboxylic acids is 1. The highest BCUT2D eigenvalue weighted by Gasteiger charge is 2.17. The summed E-state index contributed by atoms with van der Waals surface area (Å²) in [6, 6.07) is 9.41. The fourth-order valence-electron chi connectivity index (χ4n) is 2.19. The van der Waals surface area contributed by atoms with Gasteiger partial charge in [-0.3, -0.25) is 4.79 Å². The van der Waals surface area contributed by atoms with Crippen molar-refractivity contribution in [2.75, 3.05) is 16.8 Å². The van der Waals surface area contributed by atoms with Crippen molar-refractivity contribution in [2.24, 2.45) is 7.05 Å². The molecule has 128 valence electrons. The number of nitrogens with one attached hydrogen (secondary N) is 1. The van der Waals surface area contributed by atoms with Gasteiger partial charge in [0.15, 0.2) is 5.16 Å². The molecule has 1 amide bonds. The number of para-hydroxylation sites is 2. The Balaban J connectivity index is 1.91. The third-order valence-corrected chi connectivity index (χ3v) is 4.64. The minimum Gasteiger partial charge on any atom is -0.398 e. The van der Waals surface area contributed by atoms with Gasteiger partial charge in [-0.25, -0.2) is 9.37 Å². The molecule has 25 heavy (non-hydrogen) atoms. The molecule has 3 rings (SSSR count). The van der Waals surface area contributed by atoms with Crippen molar-refractivity contribution in [1.82, 2.24) is 9.55 Å². The van der Waals surface area contributed by atoms with Gasteiger partial charge in [0.25, 0.3) is 5.91 Å². The van der Waals surface area contributed by atoms with Crippen LogP contribution in [-0.4, -0.2) is 15.5 Å². The van der Waals surface area contributed by atoms with E-state index >= 15 is 0 Å². The van der Waals surface area contributed by atoms with Crippen LogP contribution in [-0.2, 0) is 7.05 Å². The summed E-state index contributed by atoms with van der Waals surface area (Å²) in [6.07, 6.45) is 3.37. The van der Waals surface area contributed by atoms with Crippen LogP contribution in [0.3, 0.4) is 0 Å². The third kappa shape index (κ3) is 3.58. The maximum Gasteiger partial charge on any atom is 0.257 e. The summed E-state index contributed by atoms with van der Waals surface area (Å²) in [5.41, 5.74) is 12.8. The standard InChI is InChI=1S/C17H16FN5OS/c1-23-7-6-21-17(23)25-15-8-10(13(20)9-11(15)18)16(24)22-14-5-3-2-4-12(14)19/h2-9H,19-20H2,1H3,(H,22,24). The molecule has 0 atom stereocenters. The van der Waals surface area contributed by atoms with Gasteiger partial charge in [0.1, 0.15) is 5.82 Å². The largest absolute Gasteiger partial charge is 0.398 e. The van der Waals surface area contributed by atoms with Crippen LogP contribution in [0.25, 0.3) is 0 Å². The lowest BCUT2D eigenvalue weighted by molar-refractivity contribution is 0.102. The molecule has 6 nitrogen and oxygen atoms in total. The molecule has 1 aromatic heterocycles. The molecule has 0 fully saturated rings. The van der Waals surface area contributed by atoms with E-state index in [2.05, 4.69) is 10.3 Å². The van der Waals surface area contributed by atoms with E-state index < -0.39 is 11.7 Å². The predicted octanol–water partition coefficient (Wildman–Crippen LogP) is 3.13. The quantitative estimate of drug-likeness (QED) is 0.623. The van der Waals surface area contributed by atoms with E-state index in [4.69, 9.17) is 11.5 Å². The SMILES string of the molecule is Cn1ccnc1Sc1cc(C(=O)Nc2ccccc2N)c(N)cc1F. The second-order valence-electron chi connectivity index (χ2n) is 5.33. The number of hydrogen-bond acceptors (Lipinski definition) is 5. The Kier molecular flexibility index (Phi) is 4.62. The maximum absolute atomic E-state index is 14.2. The smallest absolute Gasteiger partial charge is 0.257 e. The monoisotopic (exact) mass is 357 g/mol. The number of carbonyl (C=O) groups is 1. The molecule has 0 radical (unpaired) electrons. The predicted molar refractivity (Wildman–Crippen MR) is 97.0 cm³/mol. The highest BCUT2D eigenvalue weighted by atomic mass is 32.2. The van der Waals surface area contributed by atoms with E-state index in [1.54, 1.807) is 48.3 Å². The zero-order valence-corrected chi connectivity index (χ0v) is 14.2. The van der Waals surface area contributed by atoms with Crippen molar-refractivity contribution in [2.45, 2.75) is 10.1 Å². The van der Waals surface area contributed by atoms with Crippen molar-refractivity contribution < 1.29 is 9.18 Å². The van der Waals surface area contributed by atoms with Crippen molar-refractivity contribution in [3.63, 3.8) is 0 Å². The third-order valence-electron chi connectivity index (χ3n) is 3.54. The van der Waals surface area contributed by atoms with E-state index in [1.165, 1.54) is 6.07 Å². The van der Waals surface area contributed by atoms with Crippen molar-refractivity contribution in [3.8, 4) is 0 Å². The van der Waals surface area contributed by atoms with Gasteiger partial charge in [0.05, 0.1) is 21.8 Å². The molecule has 0 saturated heterocycles. The van der Waals surface area contributed by atoms with Crippen LogP contribution >= 0.6 is 11.8 Å². The topological polar surface area (TPSA) is 99.0 Å². The van der Waals surface area contributed by atoms with Gasteiger partial charge >= 0.3 is 0 Å². The first-order chi connectivity index (χ1) is 12.0. The Bertz CT molecular complexity index is 941. The lowest BCUT2D eigenvalue weighted by Crippen LogP contribution is -2.15. The Labute approximate surface area is 148 Å². The maximum atomic E-state index is 14.2. The van der Waals surface area contributed by atoms with Crippen LogP contribution in [0.4, 0.5) is 21.5 Å². The number of aromatic nitrogens is 2. The Morgan fingerprint density at radius 1 is 1.24 bits per heavy atom. The number of halogens is 1. The Morgan fingerprint density at radius 3 is 2.68 bits per heavy atom. The van der Waals surface area contributed by atoms with Gasteiger partial charge < -0.3 is 21.4 Å². The van der Waals surface area contributed by atoms with Crippen LogP contribution in [0.2, 0.25) is 0 Å². The van der Waals surface area contributed by atoms with Crippen LogP contribution in [0.5, 0.6) is 0 Å². The molecule has 8 heteroatoms. The lowest BCUT2D eigenvalue weighted by Gasteiger charge is -2.11. The van der Waals surface area contributed by atoms with Crippen LogP contribution in [0.15, 0.2) is 58.8 Å². The van der Waals surface area contributed by atoms with Crippen molar-refractivity contribution in [1.29, 1.82) is 0 Å². The summed E-state index contributed by atoms with van der Waals surface area (Å²) in [5.74, 6) is -0.974. The number of nitrogens with zero attached hydrogens (tertiary/aromatic N) is 2. The molecular weight excluding hydrogens is 341 g/mol. The minimum atomic E-state index is -0.513. The van der Waals surface area contributed by atoms with E-state index in [-0.39, 0.29) is 16.1 Å². The lowest BCUT2D eigenvalue weighted by atomic mass is 10.1. The second kappa shape index (κ2) is 6.86. The average molecular weight is 357 g/mol. The summed E-state index contributed by atoms with van der Waals surface area (Å²) < 4.78 is 16.0. The number of rotatable bonds is 4. The molecule has 0 saturated carbocycles. The molecule has 0 spiro atoms. The number of nitrogen functional groups attached to an aromatic ring is 2. The first kappa shape index (κ1) is 16.8. The fourth-order valence-corrected chi connectivity index (χ4v) is 3.04. The van der Waals surface area contributed by atoms with E-state index in [0.29, 0.717) is 16.5 Å². The van der Waals surface area contributed by atoms with Crippen LogP contribution < -0.4 is 16.8 Å².